The fourth-order valence-electron chi connectivity index (χ4n) is 3.28. The van der Waals surface area contributed by atoms with Crippen LogP contribution in [-0.4, -0.2) is 18.1 Å². The quantitative estimate of drug-likeness (QED) is 0.724. The highest BCUT2D eigenvalue weighted by Gasteiger charge is 2.39. The van der Waals surface area contributed by atoms with Gasteiger partial charge in [-0.1, -0.05) is 25.7 Å². The number of hydrogen-bond acceptors (Lipinski definition) is 2. The van der Waals surface area contributed by atoms with Gasteiger partial charge in [0, 0.05) is 0 Å². The summed E-state index contributed by atoms with van der Waals surface area (Å²) in [5, 5.41) is 0. The molecule has 1 saturated heterocycles. The van der Waals surface area contributed by atoms with Crippen LogP contribution in [0.4, 0.5) is 0 Å². The Morgan fingerprint density at radius 3 is 2.50 bits per heavy atom. The summed E-state index contributed by atoms with van der Waals surface area (Å²) in [6.07, 6.45) is 10.1. The highest BCUT2D eigenvalue weighted by Crippen LogP contribution is 2.48. The number of thioether (sulfide) groups is 1. The molecule has 2 N–H and O–H groups in total. The van der Waals surface area contributed by atoms with Gasteiger partial charge in [0.15, 0.2) is 0 Å². The van der Waals surface area contributed by atoms with E-state index in [1.807, 2.05) is 0 Å². The van der Waals surface area contributed by atoms with Crippen LogP contribution in [0.2, 0.25) is 0 Å². The second-order valence-electron chi connectivity index (χ2n) is 5.05. The van der Waals surface area contributed by atoms with E-state index in [4.69, 9.17) is 5.73 Å². The van der Waals surface area contributed by atoms with Gasteiger partial charge < -0.3 is 5.73 Å². The molecule has 2 fully saturated rings. The Morgan fingerprint density at radius 2 is 1.86 bits per heavy atom. The van der Waals surface area contributed by atoms with Crippen LogP contribution < -0.4 is 5.73 Å². The summed E-state index contributed by atoms with van der Waals surface area (Å²) in [6.45, 7) is 0.931. The van der Waals surface area contributed by atoms with Gasteiger partial charge in [-0.15, -0.1) is 0 Å². The largest absolute Gasteiger partial charge is 0.330 e. The van der Waals surface area contributed by atoms with E-state index < -0.39 is 0 Å². The fourth-order valence-corrected chi connectivity index (χ4v) is 4.80. The van der Waals surface area contributed by atoms with Gasteiger partial charge in [0.25, 0.3) is 0 Å². The molecule has 2 rings (SSSR count). The van der Waals surface area contributed by atoms with Crippen molar-refractivity contribution in [3.63, 3.8) is 0 Å². The molecule has 1 aliphatic heterocycles. The predicted molar refractivity (Wildman–Crippen MR) is 64.6 cm³/mol. The van der Waals surface area contributed by atoms with Crippen LogP contribution in [0.15, 0.2) is 0 Å². The topological polar surface area (TPSA) is 26.0 Å². The summed E-state index contributed by atoms with van der Waals surface area (Å²) in [4.78, 5) is 0. The van der Waals surface area contributed by atoms with Crippen molar-refractivity contribution in [2.75, 3.05) is 18.1 Å². The third-order valence-electron chi connectivity index (χ3n) is 4.25. The van der Waals surface area contributed by atoms with E-state index in [9.17, 15) is 0 Å². The Bertz CT molecular complexity index is 173. The maximum Gasteiger partial charge on any atom is -0.000767 e. The molecule has 1 spiro atoms. The van der Waals surface area contributed by atoms with Crippen molar-refractivity contribution >= 4 is 11.8 Å². The van der Waals surface area contributed by atoms with Crippen molar-refractivity contribution in [2.24, 2.45) is 17.1 Å². The average molecular weight is 213 g/mol. The number of nitrogens with two attached hydrogens (primary N) is 1. The third kappa shape index (κ3) is 2.11. The Balaban J connectivity index is 2.07. The molecule has 1 saturated carbocycles. The monoisotopic (exact) mass is 213 g/mol. The summed E-state index contributed by atoms with van der Waals surface area (Å²) in [5.74, 6) is 3.58. The normalized spacial score (nSPS) is 32.8. The standard InChI is InChI=1S/C12H23NS/c13-9-11-5-8-14-10-12(11)6-3-1-2-4-7-12/h11H,1-10,13H2. The van der Waals surface area contributed by atoms with Crippen LogP contribution in [0.25, 0.3) is 0 Å². The Morgan fingerprint density at radius 1 is 1.14 bits per heavy atom. The van der Waals surface area contributed by atoms with Crippen LogP contribution in [0, 0.1) is 11.3 Å². The molecule has 14 heavy (non-hydrogen) atoms. The van der Waals surface area contributed by atoms with Gasteiger partial charge in [0.05, 0.1) is 0 Å². The van der Waals surface area contributed by atoms with Crippen molar-refractivity contribution in [3.05, 3.63) is 0 Å². The zero-order valence-electron chi connectivity index (χ0n) is 9.13. The minimum atomic E-state index is 0.647. The molecule has 82 valence electrons. The molecule has 2 heteroatoms. The lowest BCUT2D eigenvalue weighted by Gasteiger charge is -2.43. The molecular formula is C12H23NS. The van der Waals surface area contributed by atoms with E-state index in [1.165, 1.54) is 56.5 Å². The van der Waals surface area contributed by atoms with Gasteiger partial charge in [-0.25, -0.2) is 0 Å². The zero-order chi connectivity index (χ0) is 9.86. The first-order valence-corrected chi connectivity index (χ1v) is 7.31. The molecule has 1 nitrogen and oxygen atoms in total. The van der Waals surface area contributed by atoms with Crippen molar-refractivity contribution in [1.29, 1.82) is 0 Å². The molecule has 0 aromatic heterocycles. The Labute approximate surface area is 92.2 Å². The molecule has 1 heterocycles. The lowest BCUT2D eigenvalue weighted by Crippen LogP contribution is -2.40. The van der Waals surface area contributed by atoms with Gasteiger partial charge >= 0.3 is 0 Å². The summed E-state index contributed by atoms with van der Waals surface area (Å²) in [5.41, 5.74) is 6.60. The van der Waals surface area contributed by atoms with Gasteiger partial charge in [-0.2, -0.15) is 11.8 Å². The van der Waals surface area contributed by atoms with Crippen LogP contribution >= 0.6 is 11.8 Å². The van der Waals surface area contributed by atoms with Crippen molar-refractivity contribution in [1.82, 2.24) is 0 Å². The van der Waals surface area contributed by atoms with Crippen LogP contribution in [0.5, 0.6) is 0 Å². The first-order chi connectivity index (χ1) is 6.87. The van der Waals surface area contributed by atoms with Gasteiger partial charge in [-0.05, 0) is 48.6 Å². The van der Waals surface area contributed by atoms with E-state index in [0.29, 0.717) is 5.41 Å². The minimum Gasteiger partial charge on any atom is -0.330 e. The van der Waals surface area contributed by atoms with E-state index in [0.717, 1.165) is 12.5 Å². The molecule has 0 radical (unpaired) electrons. The highest BCUT2D eigenvalue weighted by molar-refractivity contribution is 7.99. The molecule has 1 aliphatic carbocycles. The Hall–Kier alpha value is 0.310. The van der Waals surface area contributed by atoms with E-state index in [-0.39, 0.29) is 0 Å². The van der Waals surface area contributed by atoms with E-state index in [1.54, 1.807) is 0 Å². The maximum atomic E-state index is 5.95. The summed E-state index contributed by atoms with van der Waals surface area (Å²) in [7, 11) is 0. The molecule has 0 aromatic rings. The molecule has 0 bridgehead atoms. The Kier molecular flexibility index (Phi) is 3.78. The summed E-state index contributed by atoms with van der Waals surface area (Å²) < 4.78 is 0. The molecular weight excluding hydrogens is 190 g/mol. The molecule has 2 aliphatic rings. The SMILES string of the molecule is NCC1CCSCC12CCCCCC2. The first kappa shape index (κ1) is 10.8. The minimum absolute atomic E-state index is 0.647. The molecule has 1 unspecified atom stereocenters. The second kappa shape index (κ2) is 4.89. The van der Waals surface area contributed by atoms with Crippen molar-refractivity contribution in [2.45, 2.75) is 44.9 Å². The molecule has 1 atom stereocenters. The smallest absolute Gasteiger partial charge is 0.000767 e. The van der Waals surface area contributed by atoms with Crippen molar-refractivity contribution < 1.29 is 0 Å². The number of hydrogen-bond donors (Lipinski definition) is 1. The molecule has 0 amide bonds. The summed E-state index contributed by atoms with van der Waals surface area (Å²) >= 11 is 2.17. The second-order valence-corrected chi connectivity index (χ2v) is 6.16. The van der Waals surface area contributed by atoms with Crippen LogP contribution in [0.1, 0.15) is 44.9 Å². The first-order valence-electron chi connectivity index (χ1n) is 6.15. The fraction of sp³-hybridized carbons (Fsp3) is 1.00. The van der Waals surface area contributed by atoms with Crippen molar-refractivity contribution in [3.8, 4) is 0 Å². The van der Waals surface area contributed by atoms with Crippen LogP contribution in [-0.2, 0) is 0 Å². The third-order valence-corrected chi connectivity index (χ3v) is 5.55. The average Bonchev–Trinajstić information content (AvgIpc) is 2.45. The lowest BCUT2D eigenvalue weighted by atomic mass is 9.70. The highest BCUT2D eigenvalue weighted by atomic mass is 32.2. The predicted octanol–water partition coefficient (Wildman–Crippen LogP) is 3.04. The van der Waals surface area contributed by atoms with Gasteiger partial charge in [0.1, 0.15) is 0 Å². The van der Waals surface area contributed by atoms with Gasteiger partial charge in [0.2, 0.25) is 0 Å². The zero-order valence-corrected chi connectivity index (χ0v) is 9.95. The molecule has 0 aromatic carbocycles. The van der Waals surface area contributed by atoms with Crippen LogP contribution in [0.3, 0.4) is 0 Å². The maximum absolute atomic E-state index is 5.95. The van der Waals surface area contributed by atoms with Gasteiger partial charge in [-0.3, -0.25) is 0 Å². The summed E-state index contributed by atoms with van der Waals surface area (Å²) in [6, 6.07) is 0. The number of rotatable bonds is 1. The lowest BCUT2D eigenvalue weighted by molar-refractivity contribution is 0.158. The van der Waals surface area contributed by atoms with E-state index >= 15 is 0 Å². The van der Waals surface area contributed by atoms with E-state index in [2.05, 4.69) is 11.8 Å².